The molecule has 2 nitrogen and oxygen atoms in total. The minimum absolute atomic E-state index is 0.219. The number of nitrogens with zero attached hydrogens (tertiary/aromatic N) is 1. The third-order valence-corrected chi connectivity index (χ3v) is 3.82. The first-order valence-corrected chi connectivity index (χ1v) is 7.12. The monoisotopic (exact) mass is 343 g/mol. The first kappa shape index (κ1) is 13.8. The highest BCUT2D eigenvalue weighted by Crippen LogP contribution is 2.35. The topological polar surface area (TPSA) is 20.3 Å². The Morgan fingerprint density at radius 2 is 1.81 bits per heavy atom. The molecule has 0 aromatic heterocycles. The van der Waals surface area contributed by atoms with Gasteiger partial charge < -0.3 is 0 Å². The Hall–Kier alpha value is -2.20. The zero-order chi connectivity index (χ0) is 15.0. The summed E-state index contributed by atoms with van der Waals surface area (Å²) in [6, 6.07) is 13.5. The average Bonchev–Trinajstić information content (AvgIpc) is 2.75. The minimum Gasteiger partial charge on any atom is -0.277 e. The first-order chi connectivity index (χ1) is 10.1. The van der Waals surface area contributed by atoms with Gasteiger partial charge in [-0.1, -0.05) is 40.7 Å². The fourth-order valence-corrected chi connectivity index (χ4v) is 2.57. The summed E-state index contributed by atoms with van der Waals surface area (Å²) < 4.78 is 14.3. The third kappa shape index (κ3) is 2.54. The fourth-order valence-electron chi connectivity index (χ4n) is 2.30. The minimum atomic E-state index is -0.384. The van der Waals surface area contributed by atoms with Crippen molar-refractivity contribution in [3.63, 3.8) is 0 Å². The molecule has 4 heteroatoms. The molecule has 0 fully saturated rings. The lowest BCUT2D eigenvalue weighted by Gasteiger charge is -2.19. The maximum Gasteiger partial charge on any atom is 0.256 e. The van der Waals surface area contributed by atoms with Crippen LogP contribution in [0.3, 0.4) is 0 Å². The van der Waals surface area contributed by atoms with E-state index in [9.17, 15) is 9.18 Å². The predicted octanol–water partition coefficient (Wildman–Crippen LogP) is 4.53. The maximum atomic E-state index is 13.3. The summed E-state index contributed by atoms with van der Waals surface area (Å²) in [5.74, 6) is -0.603. The van der Waals surface area contributed by atoms with Crippen LogP contribution in [-0.4, -0.2) is 5.91 Å². The molecule has 1 heterocycles. The number of amides is 1. The van der Waals surface area contributed by atoms with Crippen molar-refractivity contribution in [2.75, 3.05) is 4.90 Å². The van der Waals surface area contributed by atoms with Crippen LogP contribution in [0.5, 0.6) is 0 Å². The molecule has 2 aromatic rings. The first-order valence-electron chi connectivity index (χ1n) is 6.33. The van der Waals surface area contributed by atoms with Crippen LogP contribution in [0.2, 0.25) is 0 Å². The van der Waals surface area contributed by atoms with E-state index in [1.54, 1.807) is 12.1 Å². The summed E-state index contributed by atoms with van der Waals surface area (Å²) in [5, 5.41) is 0. The van der Waals surface area contributed by atoms with Crippen LogP contribution in [-0.2, 0) is 4.79 Å². The van der Waals surface area contributed by atoms with Crippen LogP contribution in [0.25, 0.3) is 5.57 Å². The summed E-state index contributed by atoms with van der Waals surface area (Å²) in [4.78, 5) is 13.6. The Balaban J connectivity index is 1.97. The van der Waals surface area contributed by atoms with E-state index in [-0.39, 0.29) is 11.7 Å². The zero-order valence-electron chi connectivity index (χ0n) is 11.0. The number of hydrogen-bond donors (Lipinski definition) is 0. The van der Waals surface area contributed by atoms with Crippen molar-refractivity contribution in [1.29, 1.82) is 0 Å². The molecular formula is C17H11BrFNO. The molecule has 21 heavy (non-hydrogen) atoms. The Morgan fingerprint density at radius 3 is 2.48 bits per heavy atom. The van der Waals surface area contributed by atoms with Crippen molar-refractivity contribution >= 4 is 33.1 Å². The molecule has 2 aromatic carbocycles. The molecular weight excluding hydrogens is 333 g/mol. The Bertz CT molecular complexity index is 765. The summed E-state index contributed by atoms with van der Waals surface area (Å²) in [6.45, 7) is 3.97. The van der Waals surface area contributed by atoms with E-state index in [4.69, 9.17) is 0 Å². The molecule has 0 saturated carbocycles. The Labute approximate surface area is 130 Å². The van der Waals surface area contributed by atoms with E-state index >= 15 is 0 Å². The van der Waals surface area contributed by atoms with Gasteiger partial charge in [-0.05, 0) is 35.9 Å². The van der Waals surface area contributed by atoms with E-state index < -0.39 is 0 Å². The predicted molar refractivity (Wildman–Crippen MR) is 85.1 cm³/mol. The van der Waals surface area contributed by atoms with Crippen molar-refractivity contribution in [3.05, 3.63) is 82.7 Å². The molecule has 0 radical (unpaired) electrons. The lowest BCUT2D eigenvalue weighted by atomic mass is 10.0. The van der Waals surface area contributed by atoms with E-state index in [2.05, 4.69) is 22.5 Å². The molecule has 0 unspecified atom stereocenters. The normalized spacial score (nSPS) is 14.6. The number of carbonyl (C=O) groups excluding carboxylic acids is 1. The standard InChI is InChI=1S/C17H11BrFNO/c1-11-16(12-5-7-13(18)8-6-12)10-17(21)20(11)15-4-2-3-14(19)9-15/h2-10H,1H2. The summed E-state index contributed by atoms with van der Waals surface area (Å²) in [5.41, 5.74) is 2.67. The van der Waals surface area contributed by atoms with E-state index in [0.29, 0.717) is 11.4 Å². The van der Waals surface area contributed by atoms with Gasteiger partial charge in [0.25, 0.3) is 5.91 Å². The van der Waals surface area contributed by atoms with E-state index in [0.717, 1.165) is 15.6 Å². The van der Waals surface area contributed by atoms with Crippen molar-refractivity contribution in [2.45, 2.75) is 0 Å². The fraction of sp³-hybridized carbons (Fsp3) is 0. The van der Waals surface area contributed by atoms with Gasteiger partial charge in [0, 0.05) is 16.1 Å². The highest BCUT2D eigenvalue weighted by molar-refractivity contribution is 9.10. The van der Waals surface area contributed by atoms with Gasteiger partial charge in [-0.15, -0.1) is 0 Å². The van der Waals surface area contributed by atoms with Crippen molar-refractivity contribution in [1.82, 2.24) is 0 Å². The Kier molecular flexibility index (Phi) is 3.47. The molecule has 1 aliphatic heterocycles. The van der Waals surface area contributed by atoms with E-state index in [1.807, 2.05) is 24.3 Å². The van der Waals surface area contributed by atoms with Crippen molar-refractivity contribution in [3.8, 4) is 0 Å². The van der Waals surface area contributed by atoms with Gasteiger partial charge in [-0.2, -0.15) is 0 Å². The molecule has 1 amide bonds. The van der Waals surface area contributed by atoms with Gasteiger partial charge in [0.05, 0.1) is 11.4 Å². The second kappa shape index (κ2) is 5.30. The smallest absolute Gasteiger partial charge is 0.256 e. The van der Waals surface area contributed by atoms with Gasteiger partial charge in [0.15, 0.2) is 0 Å². The number of hydrogen-bond acceptors (Lipinski definition) is 1. The van der Waals surface area contributed by atoms with Crippen molar-refractivity contribution < 1.29 is 9.18 Å². The van der Waals surface area contributed by atoms with Gasteiger partial charge in [-0.25, -0.2) is 4.39 Å². The summed E-state index contributed by atoms with van der Waals surface area (Å²) in [6.07, 6.45) is 1.52. The summed E-state index contributed by atoms with van der Waals surface area (Å²) >= 11 is 3.38. The number of anilines is 1. The zero-order valence-corrected chi connectivity index (χ0v) is 12.6. The van der Waals surface area contributed by atoms with Gasteiger partial charge in [-0.3, -0.25) is 9.69 Å². The highest BCUT2D eigenvalue weighted by Gasteiger charge is 2.28. The summed E-state index contributed by atoms with van der Waals surface area (Å²) in [7, 11) is 0. The Morgan fingerprint density at radius 1 is 1.10 bits per heavy atom. The van der Waals surface area contributed by atoms with Crippen LogP contribution in [0.15, 0.2) is 71.4 Å². The average molecular weight is 344 g/mol. The molecule has 0 atom stereocenters. The lowest BCUT2D eigenvalue weighted by Crippen LogP contribution is -2.23. The lowest BCUT2D eigenvalue weighted by molar-refractivity contribution is -0.113. The molecule has 0 bridgehead atoms. The van der Waals surface area contributed by atoms with Crippen LogP contribution >= 0.6 is 15.9 Å². The molecule has 3 rings (SSSR count). The second-order valence-corrected chi connectivity index (χ2v) is 5.58. The molecule has 0 N–H and O–H groups in total. The SMILES string of the molecule is C=C1C(c2ccc(Br)cc2)=CC(=O)N1c1cccc(F)c1. The van der Waals surface area contributed by atoms with E-state index in [1.165, 1.54) is 23.1 Å². The molecule has 104 valence electrons. The highest BCUT2D eigenvalue weighted by atomic mass is 79.9. The third-order valence-electron chi connectivity index (χ3n) is 3.29. The molecule has 0 saturated heterocycles. The second-order valence-electron chi connectivity index (χ2n) is 4.67. The van der Waals surface area contributed by atoms with Crippen LogP contribution in [0.4, 0.5) is 10.1 Å². The number of rotatable bonds is 2. The largest absolute Gasteiger partial charge is 0.277 e. The van der Waals surface area contributed by atoms with Crippen LogP contribution in [0.1, 0.15) is 5.56 Å². The number of allylic oxidation sites excluding steroid dienone is 1. The van der Waals surface area contributed by atoms with Gasteiger partial charge in [0.1, 0.15) is 5.82 Å². The van der Waals surface area contributed by atoms with Crippen LogP contribution < -0.4 is 4.90 Å². The van der Waals surface area contributed by atoms with Gasteiger partial charge >= 0.3 is 0 Å². The number of carbonyl (C=O) groups is 1. The maximum absolute atomic E-state index is 13.3. The quantitative estimate of drug-likeness (QED) is 0.784. The molecule has 0 aliphatic carbocycles. The number of halogens is 2. The molecule has 1 aliphatic rings. The van der Waals surface area contributed by atoms with Gasteiger partial charge in [0.2, 0.25) is 0 Å². The van der Waals surface area contributed by atoms with Crippen molar-refractivity contribution in [2.24, 2.45) is 0 Å². The van der Waals surface area contributed by atoms with Crippen LogP contribution in [0, 0.1) is 5.82 Å². The molecule has 0 spiro atoms. The number of benzene rings is 2.